The maximum Gasteiger partial charge on any atom is 0.253 e. The number of nitrogens with zero attached hydrogens (tertiary/aromatic N) is 2. The molecule has 0 aromatic carbocycles. The highest BCUT2D eigenvalue weighted by atomic mass is 79.9. The minimum atomic E-state index is -0.748. The standard InChI is InChI=1S/C17H22BrN3O/c1-16(2,3)12-4-7-17(11-19,8-5-12)21-15(22)13-6-9-20-10-14(13)18/h6,9-10,12H,4-5,7-8H2,1-3H3,(H,21,22). The summed E-state index contributed by atoms with van der Waals surface area (Å²) >= 11 is 3.33. The van der Waals surface area contributed by atoms with E-state index >= 15 is 0 Å². The van der Waals surface area contributed by atoms with Gasteiger partial charge in [0.2, 0.25) is 0 Å². The number of hydrogen-bond acceptors (Lipinski definition) is 3. The average molecular weight is 364 g/mol. The zero-order chi connectivity index (χ0) is 16.4. The molecule has 1 aromatic rings. The first kappa shape index (κ1) is 17.0. The van der Waals surface area contributed by atoms with Gasteiger partial charge in [0.1, 0.15) is 5.54 Å². The summed E-state index contributed by atoms with van der Waals surface area (Å²) in [5.41, 5.74) is 0.0176. The van der Waals surface area contributed by atoms with Crippen LogP contribution in [-0.2, 0) is 0 Å². The molecule has 0 atom stereocenters. The van der Waals surface area contributed by atoms with Crippen LogP contribution in [0.2, 0.25) is 0 Å². The Morgan fingerprint density at radius 1 is 1.45 bits per heavy atom. The number of nitriles is 1. The number of carbonyl (C=O) groups is 1. The van der Waals surface area contributed by atoms with Gasteiger partial charge in [-0.3, -0.25) is 9.78 Å². The molecule has 0 unspecified atom stereocenters. The van der Waals surface area contributed by atoms with E-state index in [0.29, 0.717) is 28.8 Å². The minimum Gasteiger partial charge on any atom is -0.334 e. The molecule has 1 aromatic heterocycles. The van der Waals surface area contributed by atoms with Gasteiger partial charge in [0, 0.05) is 16.9 Å². The van der Waals surface area contributed by atoms with Crippen molar-refractivity contribution in [3.63, 3.8) is 0 Å². The number of amides is 1. The molecule has 4 nitrogen and oxygen atoms in total. The Bertz CT molecular complexity index is 593. The van der Waals surface area contributed by atoms with Gasteiger partial charge in [-0.2, -0.15) is 5.26 Å². The fourth-order valence-corrected chi connectivity index (χ4v) is 3.52. The maximum atomic E-state index is 12.5. The van der Waals surface area contributed by atoms with Gasteiger partial charge >= 0.3 is 0 Å². The van der Waals surface area contributed by atoms with Crippen molar-refractivity contribution < 1.29 is 4.79 Å². The summed E-state index contributed by atoms with van der Waals surface area (Å²) in [5.74, 6) is 0.378. The molecule has 1 fully saturated rings. The van der Waals surface area contributed by atoms with E-state index in [1.54, 1.807) is 18.5 Å². The Labute approximate surface area is 140 Å². The van der Waals surface area contributed by atoms with Crippen LogP contribution in [0.25, 0.3) is 0 Å². The smallest absolute Gasteiger partial charge is 0.253 e. The lowest BCUT2D eigenvalue weighted by molar-refractivity contribution is 0.0855. The summed E-state index contributed by atoms with van der Waals surface area (Å²) in [4.78, 5) is 16.4. The van der Waals surface area contributed by atoms with Crippen LogP contribution in [0.15, 0.2) is 22.9 Å². The number of hydrogen-bond donors (Lipinski definition) is 1. The molecular formula is C17H22BrN3O. The number of nitrogens with one attached hydrogen (secondary N) is 1. The van der Waals surface area contributed by atoms with Crippen molar-refractivity contribution in [1.29, 1.82) is 5.26 Å². The van der Waals surface area contributed by atoms with E-state index in [2.05, 4.69) is 53.1 Å². The fourth-order valence-electron chi connectivity index (χ4n) is 3.09. The lowest BCUT2D eigenvalue weighted by Gasteiger charge is -2.40. The number of pyridine rings is 1. The minimum absolute atomic E-state index is 0.218. The summed E-state index contributed by atoms with van der Waals surface area (Å²) in [6.45, 7) is 6.72. The highest BCUT2D eigenvalue weighted by Gasteiger charge is 2.40. The van der Waals surface area contributed by atoms with Crippen LogP contribution in [0.5, 0.6) is 0 Å². The molecule has 0 saturated heterocycles. The number of carbonyl (C=O) groups excluding carboxylic acids is 1. The predicted octanol–water partition coefficient (Wildman–Crippen LogP) is 4.07. The van der Waals surface area contributed by atoms with Crippen molar-refractivity contribution in [2.75, 3.05) is 0 Å². The second kappa shape index (κ2) is 6.37. The van der Waals surface area contributed by atoms with E-state index in [0.717, 1.165) is 12.8 Å². The molecule has 0 aliphatic heterocycles. The predicted molar refractivity (Wildman–Crippen MR) is 89.2 cm³/mol. The molecule has 1 heterocycles. The summed E-state index contributed by atoms with van der Waals surface area (Å²) in [6.07, 6.45) is 6.52. The van der Waals surface area contributed by atoms with Crippen LogP contribution in [0.3, 0.4) is 0 Å². The van der Waals surface area contributed by atoms with Gasteiger partial charge in [-0.25, -0.2) is 0 Å². The Kier molecular flexibility index (Phi) is 4.91. The Balaban J connectivity index is 2.09. The highest BCUT2D eigenvalue weighted by Crippen LogP contribution is 2.41. The van der Waals surface area contributed by atoms with E-state index in [1.807, 2.05) is 0 Å². The fraction of sp³-hybridized carbons (Fsp3) is 0.588. The molecule has 1 saturated carbocycles. The summed E-state index contributed by atoms with van der Waals surface area (Å²) in [6, 6.07) is 4.00. The molecule has 0 spiro atoms. The maximum absolute atomic E-state index is 12.5. The van der Waals surface area contributed by atoms with Gasteiger partial charge in [-0.05, 0) is 59.0 Å². The molecule has 1 aliphatic carbocycles. The van der Waals surface area contributed by atoms with Crippen molar-refractivity contribution in [3.05, 3.63) is 28.5 Å². The molecule has 1 aliphatic rings. The normalized spacial score (nSPS) is 25.3. The Hall–Kier alpha value is -1.41. The van der Waals surface area contributed by atoms with E-state index in [4.69, 9.17) is 0 Å². The third kappa shape index (κ3) is 3.67. The van der Waals surface area contributed by atoms with E-state index < -0.39 is 5.54 Å². The van der Waals surface area contributed by atoms with Gasteiger partial charge in [0.25, 0.3) is 5.91 Å². The SMILES string of the molecule is CC(C)(C)C1CCC(C#N)(NC(=O)c2ccncc2Br)CC1. The lowest BCUT2D eigenvalue weighted by Crippen LogP contribution is -2.50. The van der Waals surface area contributed by atoms with Gasteiger partial charge in [-0.1, -0.05) is 20.8 Å². The molecule has 5 heteroatoms. The Morgan fingerprint density at radius 2 is 2.09 bits per heavy atom. The van der Waals surface area contributed by atoms with E-state index in [1.165, 1.54) is 0 Å². The van der Waals surface area contributed by atoms with Gasteiger partial charge in [0.15, 0.2) is 0 Å². The average Bonchev–Trinajstić information content (AvgIpc) is 2.47. The monoisotopic (exact) mass is 363 g/mol. The third-order valence-corrected chi connectivity index (χ3v) is 5.28. The van der Waals surface area contributed by atoms with Gasteiger partial charge < -0.3 is 5.32 Å². The lowest BCUT2D eigenvalue weighted by atomic mass is 9.67. The molecule has 1 amide bonds. The van der Waals surface area contributed by atoms with Crippen LogP contribution in [0.4, 0.5) is 0 Å². The number of rotatable bonds is 2. The molecule has 1 N–H and O–H groups in total. The van der Waals surface area contributed by atoms with Gasteiger partial charge in [0.05, 0.1) is 11.6 Å². The van der Waals surface area contributed by atoms with Crippen LogP contribution < -0.4 is 5.32 Å². The first-order chi connectivity index (χ1) is 10.3. The van der Waals surface area contributed by atoms with Crippen LogP contribution in [-0.4, -0.2) is 16.4 Å². The van der Waals surface area contributed by atoms with Crippen molar-refractivity contribution in [1.82, 2.24) is 10.3 Å². The van der Waals surface area contributed by atoms with Crippen molar-refractivity contribution >= 4 is 21.8 Å². The van der Waals surface area contributed by atoms with Gasteiger partial charge in [-0.15, -0.1) is 0 Å². The van der Waals surface area contributed by atoms with Crippen molar-refractivity contribution in [2.45, 2.75) is 52.0 Å². The third-order valence-electron chi connectivity index (χ3n) is 4.65. The molecule has 118 valence electrons. The second-order valence-electron chi connectivity index (χ2n) is 7.14. The molecule has 2 rings (SSSR count). The van der Waals surface area contributed by atoms with Crippen molar-refractivity contribution in [3.8, 4) is 6.07 Å². The van der Waals surface area contributed by atoms with E-state index in [9.17, 15) is 10.1 Å². The first-order valence-electron chi connectivity index (χ1n) is 7.61. The molecule has 0 bridgehead atoms. The first-order valence-corrected chi connectivity index (χ1v) is 8.40. The molecular weight excluding hydrogens is 342 g/mol. The summed E-state index contributed by atoms with van der Waals surface area (Å²) in [7, 11) is 0. The Morgan fingerprint density at radius 3 is 2.59 bits per heavy atom. The van der Waals surface area contributed by atoms with Crippen LogP contribution in [0.1, 0.15) is 56.8 Å². The number of halogens is 1. The zero-order valence-corrected chi connectivity index (χ0v) is 14.9. The topological polar surface area (TPSA) is 65.8 Å². The molecule has 0 radical (unpaired) electrons. The highest BCUT2D eigenvalue weighted by molar-refractivity contribution is 9.10. The van der Waals surface area contributed by atoms with Crippen molar-refractivity contribution in [2.24, 2.45) is 11.3 Å². The van der Waals surface area contributed by atoms with Crippen LogP contribution >= 0.6 is 15.9 Å². The van der Waals surface area contributed by atoms with Crippen LogP contribution in [0, 0.1) is 22.7 Å². The summed E-state index contributed by atoms with van der Waals surface area (Å²) in [5, 5.41) is 12.6. The molecule has 22 heavy (non-hydrogen) atoms. The number of aromatic nitrogens is 1. The largest absolute Gasteiger partial charge is 0.334 e. The quantitative estimate of drug-likeness (QED) is 0.860. The zero-order valence-electron chi connectivity index (χ0n) is 13.3. The van der Waals surface area contributed by atoms with E-state index in [-0.39, 0.29) is 11.3 Å². The second-order valence-corrected chi connectivity index (χ2v) is 8.00. The summed E-state index contributed by atoms with van der Waals surface area (Å²) < 4.78 is 0.643.